The molecule has 2 aromatic rings. The number of carboxylic acid groups (broad SMARTS) is 1. The van der Waals surface area contributed by atoms with Gasteiger partial charge < -0.3 is 5.11 Å². The van der Waals surface area contributed by atoms with E-state index in [1.54, 1.807) is 17.4 Å². The summed E-state index contributed by atoms with van der Waals surface area (Å²) in [5.41, 5.74) is 2.89. The first-order valence-electron chi connectivity index (χ1n) is 8.12. The van der Waals surface area contributed by atoms with Crippen LogP contribution >= 0.6 is 11.3 Å². The molecule has 1 atom stereocenters. The number of carboxylic acids is 1. The first-order valence-corrected chi connectivity index (χ1v) is 8.93. The molecule has 25 heavy (non-hydrogen) atoms. The SMILES string of the molecule is O=C(O)C1=CCC2C(=Cc3cn4c5c(sc4n3)CCCC5)C(=O)N12.[NaH]. The van der Waals surface area contributed by atoms with Crippen molar-refractivity contribution in [2.45, 2.75) is 38.1 Å². The summed E-state index contributed by atoms with van der Waals surface area (Å²) in [4.78, 5) is 31.8. The van der Waals surface area contributed by atoms with Crippen LogP contribution in [0.15, 0.2) is 23.5 Å². The number of rotatable bonds is 2. The van der Waals surface area contributed by atoms with Gasteiger partial charge in [0, 0.05) is 22.3 Å². The number of imidazole rings is 1. The number of hydrogen-bond donors (Lipinski definition) is 1. The Labute approximate surface area is 170 Å². The Balaban J connectivity index is 0.00000157. The number of β-lactam (4-membered cyclic amide) rings is 1. The Bertz CT molecular complexity index is 971. The molecule has 6 nitrogen and oxygen atoms in total. The number of carbonyl (C=O) groups is 2. The van der Waals surface area contributed by atoms with Gasteiger partial charge in [-0.05, 0) is 38.2 Å². The van der Waals surface area contributed by atoms with Crippen LogP contribution in [0.2, 0.25) is 0 Å². The molecule has 0 radical (unpaired) electrons. The van der Waals surface area contributed by atoms with Gasteiger partial charge in [0.05, 0.1) is 11.7 Å². The number of fused-ring (bicyclic) bond motifs is 4. The van der Waals surface area contributed by atoms with E-state index in [4.69, 9.17) is 5.11 Å². The molecule has 2 aromatic heterocycles. The van der Waals surface area contributed by atoms with Gasteiger partial charge in [-0.15, -0.1) is 11.3 Å². The van der Waals surface area contributed by atoms with Gasteiger partial charge in [0.2, 0.25) is 0 Å². The van der Waals surface area contributed by atoms with Crippen LogP contribution in [0.1, 0.15) is 35.5 Å². The van der Waals surface area contributed by atoms with Crippen molar-refractivity contribution in [1.82, 2.24) is 14.3 Å². The van der Waals surface area contributed by atoms with Crippen molar-refractivity contribution in [3.8, 4) is 0 Å². The number of aromatic nitrogens is 2. The Morgan fingerprint density at radius 1 is 1.36 bits per heavy atom. The Morgan fingerprint density at radius 3 is 2.96 bits per heavy atom. The summed E-state index contributed by atoms with van der Waals surface area (Å²) in [6.45, 7) is 0. The zero-order chi connectivity index (χ0) is 16.4. The minimum atomic E-state index is -1.04. The first-order chi connectivity index (χ1) is 11.6. The minimum absolute atomic E-state index is 0. The monoisotopic (exact) mass is 365 g/mol. The van der Waals surface area contributed by atoms with Gasteiger partial charge in [-0.2, -0.15) is 0 Å². The van der Waals surface area contributed by atoms with Crippen LogP contribution in [0.3, 0.4) is 0 Å². The average Bonchev–Trinajstić information content (AvgIpc) is 3.22. The van der Waals surface area contributed by atoms with Gasteiger partial charge in [-0.1, -0.05) is 6.08 Å². The fourth-order valence-electron chi connectivity index (χ4n) is 3.89. The number of amides is 1. The van der Waals surface area contributed by atoms with E-state index in [-0.39, 0.29) is 47.2 Å². The molecule has 0 saturated carbocycles. The van der Waals surface area contributed by atoms with Crippen LogP contribution < -0.4 is 0 Å². The second-order valence-corrected chi connectivity index (χ2v) is 7.48. The molecule has 1 aliphatic carbocycles. The van der Waals surface area contributed by atoms with E-state index in [0.29, 0.717) is 12.0 Å². The first kappa shape index (κ1) is 17.0. The van der Waals surface area contributed by atoms with Gasteiger partial charge in [0.25, 0.3) is 5.91 Å². The molecule has 124 valence electrons. The Hall–Kier alpha value is -1.41. The van der Waals surface area contributed by atoms with E-state index in [1.807, 2.05) is 12.3 Å². The second kappa shape index (κ2) is 6.09. The van der Waals surface area contributed by atoms with Crippen LogP contribution in [0, 0.1) is 0 Å². The van der Waals surface area contributed by atoms with E-state index in [1.165, 1.54) is 28.3 Å². The normalized spacial score (nSPS) is 23.1. The predicted octanol–water partition coefficient (Wildman–Crippen LogP) is 1.59. The second-order valence-electron chi connectivity index (χ2n) is 6.42. The molecule has 3 aliphatic rings. The van der Waals surface area contributed by atoms with E-state index in [2.05, 4.69) is 9.38 Å². The van der Waals surface area contributed by atoms with Crippen molar-refractivity contribution in [2.75, 3.05) is 0 Å². The van der Waals surface area contributed by atoms with Crippen LogP contribution in [0.25, 0.3) is 11.0 Å². The molecule has 8 heteroatoms. The van der Waals surface area contributed by atoms with Gasteiger partial charge in [0.15, 0.2) is 4.96 Å². The van der Waals surface area contributed by atoms with Crippen LogP contribution in [-0.2, 0) is 22.4 Å². The Morgan fingerprint density at radius 2 is 2.16 bits per heavy atom. The van der Waals surface area contributed by atoms with E-state index < -0.39 is 5.97 Å². The van der Waals surface area contributed by atoms with Crippen molar-refractivity contribution in [3.63, 3.8) is 0 Å². The van der Waals surface area contributed by atoms with E-state index in [9.17, 15) is 9.59 Å². The van der Waals surface area contributed by atoms with Gasteiger partial charge in [-0.3, -0.25) is 14.1 Å². The third kappa shape index (κ3) is 2.44. The van der Waals surface area contributed by atoms with Gasteiger partial charge in [-0.25, -0.2) is 9.78 Å². The van der Waals surface area contributed by atoms with Crippen LogP contribution in [-0.4, -0.2) is 66.9 Å². The fourth-order valence-corrected chi connectivity index (χ4v) is 5.08. The van der Waals surface area contributed by atoms with Crippen molar-refractivity contribution < 1.29 is 14.7 Å². The quantitative estimate of drug-likeness (QED) is 0.498. The van der Waals surface area contributed by atoms with Crippen molar-refractivity contribution >= 4 is 63.8 Å². The fraction of sp³-hybridized carbons (Fsp3) is 0.353. The molecule has 5 rings (SSSR count). The number of carbonyl (C=O) groups excluding carboxylic acids is 1. The Kier molecular flexibility index (Phi) is 4.15. The summed E-state index contributed by atoms with van der Waals surface area (Å²) in [6, 6.07) is -0.141. The maximum absolute atomic E-state index is 12.3. The summed E-state index contributed by atoms with van der Waals surface area (Å²) in [5.74, 6) is -1.26. The number of nitrogens with zero attached hydrogens (tertiary/aromatic N) is 3. The molecule has 1 unspecified atom stereocenters. The number of aryl methyl sites for hydroxylation is 2. The van der Waals surface area contributed by atoms with E-state index in [0.717, 1.165) is 23.5 Å². The standard InChI is InChI=1S/C17H15N3O3S.Na.H/c21-15-10(11-5-6-13(16(22)23)20(11)15)7-9-8-19-12-3-1-2-4-14(12)24-17(19)18-9;;/h6-8,11H,1-5H2,(H,22,23);;. The molecule has 0 spiro atoms. The molecular formula is C17H16N3NaO3S. The number of thiazole rings is 1. The zero-order valence-electron chi connectivity index (χ0n) is 12.9. The summed E-state index contributed by atoms with van der Waals surface area (Å²) < 4.78 is 2.15. The topological polar surface area (TPSA) is 74.9 Å². The molecule has 4 heterocycles. The third-order valence-electron chi connectivity index (χ3n) is 5.04. The van der Waals surface area contributed by atoms with Gasteiger partial charge in [0.1, 0.15) is 5.70 Å². The predicted molar refractivity (Wildman–Crippen MR) is 95.8 cm³/mol. The maximum atomic E-state index is 12.3. The molecule has 2 aliphatic heterocycles. The molecule has 0 bridgehead atoms. The van der Waals surface area contributed by atoms with E-state index >= 15 is 0 Å². The van der Waals surface area contributed by atoms with Crippen molar-refractivity contribution in [3.05, 3.63) is 39.8 Å². The van der Waals surface area contributed by atoms with Crippen LogP contribution in [0.5, 0.6) is 0 Å². The molecule has 1 saturated heterocycles. The molecule has 1 N–H and O–H groups in total. The molecule has 0 aromatic carbocycles. The molecule has 1 fully saturated rings. The molecule has 1 amide bonds. The number of hydrogen-bond acceptors (Lipinski definition) is 4. The third-order valence-corrected chi connectivity index (χ3v) is 6.20. The average molecular weight is 365 g/mol. The van der Waals surface area contributed by atoms with Gasteiger partial charge >= 0.3 is 35.5 Å². The number of aliphatic carboxylic acids is 1. The summed E-state index contributed by atoms with van der Waals surface area (Å²) >= 11 is 1.74. The van der Waals surface area contributed by atoms with Crippen molar-refractivity contribution in [2.24, 2.45) is 0 Å². The summed E-state index contributed by atoms with van der Waals surface area (Å²) in [5, 5.41) is 9.11. The molecular weight excluding hydrogens is 349 g/mol. The van der Waals surface area contributed by atoms with Crippen LogP contribution in [0.4, 0.5) is 0 Å². The zero-order valence-corrected chi connectivity index (χ0v) is 13.7. The van der Waals surface area contributed by atoms with Crippen molar-refractivity contribution in [1.29, 1.82) is 0 Å². The summed E-state index contributed by atoms with van der Waals surface area (Å²) in [6.07, 6.45) is 10.7. The summed E-state index contributed by atoms with van der Waals surface area (Å²) in [7, 11) is 0.